The molecule has 1 N–H and O–H groups in total. The molecule has 114 valence electrons. The summed E-state index contributed by atoms with van der Waals surface area (Å²) < 4.78 is 12.9. The van der Waals surface area contributed by atoms with E-state index in [1.54, 1.807) is 14.2 Å². The molecule has 1 heterocycles. The lowest BCUT2D eigenvalue weighted by atomic mass is 10.0. The van der Waals surface area contributed by atoms with Gasteiger partial charge in [0, 0.05) is 37.5 Å². The van der Waals surface area contributed by atoms with E-state index in [0.29, 0.717) is 0 Å². The molecule has 0 saturated heterocycles. The van der Waals surface area contributed by atoms with Crippen LogP contribution in [0.1, 0.15) is 23.9 Å². The summed E-state index contributed by atoms with van der Waals surface area (Å²) in [6, 6.07) is 6.16. The Balaban J connectivity index is 2.19. The highest BCUT2D eigenvalue weighted by atomic mass is 16.5. The Morgan fingerprint density at radius 3 is 2.67 bits per heavy atom. The average molecular weight is 289 g/mol. The first-order chi connectivity index (χ1) is 10.2. The van der Waals surface area contributed by atoms with Gasteiger partial charge in [-0.25, -0.2) is 4.98 Å². The van der Waals surface area contributed by atoms with Crippen molar-refractivity contribution in [1.29, 1.82) is 0 Å². The number of aromatic nitrogens is 2. The van der Waals surface area contributed by atoms with Gasteiger partial charge >= 0.3 is 0 Å². The number of para-hydroxylation sites is 1. The van der Waals surface area contributed by atoms with Crippen molar-refractivity contribution in [2.75, 3.05) is 21.3 Å². The van der Waals surface area contributed by atoms with Gasteiger partial charge in [-0.3, -0.25) is 0 Å². The van der Waals surface area contributed by atoms with Crippen LogP contribution in [0.4, 0.5) is 0 Å². The van der Waals surface area contributed by atoms with E-state index < -0.39 is 0 Å². The van der Waals surface area contributed by atoms with Crippen LogP contribution in [0.2, 0.25) is 0 Å². The van der Waals surface area contributed by atoms with Gasteiger partial charge in [-0.2, -0.15) is 0 Å². The van der Waals surface area contributed by atoms with Gasteiger partial charge in [0.05, 0.1) is 14.2 Å². The summed E-state index contributed by atoms with van der Waals surface area (Å²) in [7, 11) is 7.31. The molecule has 1 atom stereocenters. The van der Waals surface area contributed by atoms with Crippen LogP contribution >= 0.6 is 0 Å². The summed E-state index contributed by atoms with van der Waals surface area (Å²) in [5, 5.41) is 3.35. The summed E-state index contributed by atoms with van der Waals surface area (Å²) in [6.07, 6.45) is 5.63. The van der Waals surface area contributed by atoms with E-state index in [1.165, 1.54) is 0 Å². The minimum atomic E-state index is 0.187. The van der Waals surface area contributed by atoms with E-state index in [-0.39, 0.29) is 6.04 Å². The lowest BCUT2D eigenvalue weighted by Gasteiger charge is -2.20. The molecule has 0 fully saturated rings. The van der Waals surface area contributed by atoms with Crippen molar-refractivity contribution in [1.82, 2.24) is 14.9 Å². The summed E-state index contributed by atoms with van der Waals surface area (Å²) in [5.74, 6) is 2.63. The lowest BCUT2D eigenvalue weighted by Crippen LogP contribution is -2.18. The van der Waals surface area contributed by atoms with Gasteiger partial charge in [0.15, 0.2) is 11.5 Å². The molecule has 0 radical (unpaired) electrons. The van der Waals surface area contributed by atoms with E-state index >= 15 is 0 Å². The van der Waals surface area contributed by atoms with Gasteiger partial charge in [-0.15, -0.1) is 0 Å². The highest BCUT2D eigenvalue weighted by molar-refractivity contribution is 5.48. The summed E-state index contributed by atoms with van der Waals surface area (Å²) in [4.78, 5) is 4.37. The van der Waals surface area contributed by atoms with E-state index in [4.69, 9.17) is 9.47 Å². The molecular formula is C16H23N3O2. The molecule has 5 nitrogen and oxygen atoms in total. The molecule has 0 aliphatic rings. The van der Waals surface area contributed by atoms with Crippen LogP contribution in [0.25, 0.3) is 0 Å². The topological polar surface area (TPSA) is 48.3 Å². The zero-order valence-corrected chi connectivity index (χ0v) is 13.1. The standard InChI is InChI=1S/C16H23N3O2/c1-17-13(8-9-15-18-10-11-19(15)2)12-6-5-7-14(20-3)16(12)21-4/h5-7,10-11,13,17H,8-9H2,1-4H3. The maximum Gasteiger partial charge on any atom is 0.165 e. The van der Waals surface area contributed by atoms with Crippen LogP contribution in [0.5, 0.6) is 11.5 Å². The van der Waals surface area contributed by atoms with Crippen molar-refractivity contribution in [2.45, 2.75) is 18.9 Å². The first-order valence-corrected chi connectivity index (χ1v) is 7.05. The molecule has 0 aliphatic heterocycles. The normalized spacial score (nSPS) is 12.2. The largest absolute Gasteiger partial charge is 0.493 e. The maximum atomic E-state index is 5.53. The van der Waals surface area contributed by atoms with Crippen molar-refractivity contribution in [3.63, 3.8) is 0 Å². The Morgan fingerprint density at radius 2 is 2.10 bits per heavy atom. The SMILES string of the molecule is CNC(CCc1nccn1C)c1cccc(OC)c1OC. The highest BCUT2D eigenvalue weighted by Gasteiger charge is 2.18. The van der Waals surface area contributed by atoms with E-state index in [9.17, 15) is 0 Å². The fourth-order valence-electron chi connectivity index (χ4n) is 2.55. The number of hydrogen-bond donors (Lipinski definition) is 1. The second-order valence-corrected chi connectivity index (χ2v) is 4.92. The average Bonchev–Trinajstić information content (AvgIpc) is 2.92. The molecule has 0 aliphatic carbocycles. The van der Waals surface area contributed by atoms with Gasteiger partial charge in [0.25, 0.3) is 0 Å². The van der Waals surface area contributed by atoms with Crippen molar-refractivity contribution in [2.24, 2.45) is 7.05 Å². The molecule has 1 unspecified atom stereocenters. The third-order valence-electron chi connectivity index (χ3n) is 3.73. The molecule has 0 bridgehead atoms. The number of imidazole rings is 1. The lowest BCUT2D eigenvalue weighted by molar-refractivity contribution is 0.346. The van der Waals surface area contributed by atoms with E-state index in [2.05, 4.69) is 20.9 Å². The fraction of sp³-hybridized carbons (Fsp3) is 0.438. The van der Waals surface area contributed by atoms with Crippen LogP contribution in [0.15, 0.2) is 30.6 Å². The molecular weight excluding hydrogens is 266 g/mol. The Morgan fingerprint density at radius 1 is 1.29 bits per heavy atom. The van der Waals surface area contributed by atoms with Crippen molar-refractivity contribution < 1.29 is 9.47 Å². The van der Waals surface area contributed by atoms with Crippen molar-refractivity contribution in [3.8, 4) is 11.5 Å². The smallest absolute Gasteiger partial charge is 0.165 e. The Kier molecular flexibility index (Phi) is 5.22. The molecule has 2 aromatic rings. The number of rotatable bonds is 7. The predicted octanol–water partition coefficient (Wildman–Crippen LogP) is 2.33. The molecule has 1 aromatic heterocycles. The summed E-state index contributed by atoms with van der Waals surface area (Å²) >= 11 is 0. The van der Waals surface area contributed by atoms with Gasteiger partial charge in [0.2, 0.25) is 0 Å². The fourth-order valence-corrected chi connectivity index (χ4v) is 2.55. The summed E-state index contributed by atoms with van der Waals surface area (Å²) in [5.41, 5.74) is 1.11. The number of benzene rings is 1. The first kappa shape index (κ1) is 15.4. The van der Waals surface area contributed by atoms with Gasteiger partial charge in [-0.1, -0.05) is 12.1 Å². The predicted molar refractivity (Wildman–Crippen MR) is 82.9 cm³/mol. The van der Waals surface area contributed by atoms with Crippen LogP contribution in [0.3, 0.4) is 0 Å². The Bertz CT molecular complexity index is 581. The monoisotopic (exact) mass is 289 g/mol. The van der Waals surface area contributed by atoms with Crippen LogP contribution < -0.4 is 14.8 Å². The Labute approximate surface area is 125 Å². The molecule has 5 heteroatoms. The number of hydrogen-bond acceptors (Lipinski definition) is 4. The van der Waals surface area contributed by atoms with Gasteiger partial charge in [-0.05, 0) is 19.5 Å². The van der Waals surface area contributed by atoms with Crippen LogP contribution in [-0.4, -0.2) is 30.8 Å². The second kappa shape index (κ2) is 7.13. The van der Waals surface area contributed by atoms with Crippen molar-refractivity contribution in [3.05, 3.63) is 42.0 Å². The number of methoxy groups -OCH3 is 2. The number of aryl methyl sites for hydroxylation is 2. The highest BCUT2D eigenvalue weighted by Crippen LogP contribution is 2.35. The number of ether oxygens (including phenoxy) is 2. The molecule has 0 saturated carbocycles. The molecule has 21 heavy (non-hydrogen) atoms. The Hall–Kier alpha value is -2.01. The zero-order valence-electron chi connectivity index (χ0n) is 13.1. The number of nitrogens with zero attached hydrogens (tertiary/aromatic N) is 2. The second-order valence-electron chi connectivity index (χ2n) is 4.92. The van der Waals surface area contributed by atoms with Gasteiger partial charge in [0.1, 0.15) is 5.82 Å². The van der Waals surface area contributed by atoms with Crippen LogP contribution in [-0.2, 0) is 13.5 Å². The van der Waals surface area contributed by atoms with Crippen LogP contribution in [0, 0.1) is 0 Å². The third-order valence-corrected chi connectivity index (χ3v) is 3.73. The minimum absolute atomic E-state index is 0.187. The zero-order chi connectivity index (χ0) is 15.2. The van der Waals surface area contributed by atoms with Gasteiger partial charge < -0.3 is 19.4 Å². The molecule has 0 amide bonds. The summed E-state index contributed by atoms with van der Waals surface area (Å²) in [6.45, 7) is 0. The molecule has 2 rings (SSSR count). The number of nitrogens with one attached hydrogen (secondary N) is 1. The van der Waals surface area contributed by atoms with Crippen molar-refractivity contribution >= 4 is 0 Å². The third kappa shape index (κ3) is 3.36. The quantitative estimate of drug-likeness (QED) is 0.850. The first-order valence-electron chi connectivity index (χ1n) is 7.05. The minimum Gasteiger partial charge on any atom is -0.493 e. The van der Waals surface area contributed by atoms with E-state index in [0.717, 1.165) is 35.7 Å². The molecule has 1 aromatic carbocycles. The van der Waals surface area contributed by atoms with E-state index in [1.807, 2.05) is 38.6 Å². The maximum absolute atomic E-state index is 5.53. The molecule has 0 spiro atoms.